The third-order valence-electron chi connectivity index (χ3n) is 3.19. The molecule has 0 radical (unpaired) electrons. The molecule has 1 aromatic heterocycles. The lowest BCUT2D eigenvalue weighted by Crippen LogP contribution is -2.42. The molecule has 0 saturated carbocycles. The van der Waals surface area contributed by atoms with Gasteiger partial charge in [-0.05, 0) is 33.6 Å². The zero-order valence-corrected chi connectivity index (χ0v) is 14.5. The molecule has 2 rings (SSSR count). The van der Waals surface area contributed by atoms with Crippen LogP contribution in [0.4, 0.5) is 4.79 Å². The number of rotatable bonds is 3. The summed E-state index contributed by atoms with van der Waals surface area (Å²) in [7, 11) is -1.33. The van der Waals surface area contributed by atoms with Crippen LogP contribution in [0.3, 0.4) is 0 Å². The Morgan fingerprint density at radius 1 is 1.50 bits per heavy atom. The number of carbonyl (C=O) groups is 1. The summed E-state index contributed by atoms with van der Waals surface area (Å²) >= 11 is 5.79. The van der Waals surface area contributed by atoms with E-state index in [1.807, 2.05) is 20.8 Å². The van der Waals surface area contributed by atoms with Crippen LogP contribution >= 0.6 is 11.6 Å². The van der Waals surface area contributed by atoms with Gasteiger partial charge >= 0.3 is 6.09 Å². The van der Waals surface area contributed by atoms with Gasteiger partial charge in [0.05, 0.1) is 16.6 Å². The molecule has 1 saturated heterocycles. The first kappa shape index (κ1) is 17.1. The van der Waals surface area contributed by atoms with Gasteiger partial charge in [0.2, 0.25) is 0 Å². The van der Waals surface area contributed by atoms with Gasteiger partial charge in [0, 0.05) is 18.7 Å². The van der Waals surface area contributed by atoms with Crippen LogP contribution in [-0.2, 0) is 15.5 Å². The molecule has 0 aromatic carbocycles. The Balaban J connectivity index is 2.02. The summed E-state index contributed by atoms with van der Waals surface area (Å²) in [6.45, 7) is 6.12. The lowest BCUT2D eigenvalue weighted by Gasteiger charge is -2.28. The fourth-order valence-corrected chi connectivity index (χ4v) is 3.76. The molecule has 1 amide bonds. The lowest BCUT2D eigenvalue weighted by atomic mass is 10.2. The van der Waals surface area contributed by atoms with Crippen molar-refractivity contribution in [2.45, 2.75) is 50.3 Å². The monoisotopic (exact) mass is 345 g/mol. The number of aromatic nitrogens is 2. The largest absolute Gasteiger partial charge is 0.444 e. The maximum absolute atomic E-state index is 12.4. The predicted molar refractivity (Wildman–Crippen MR) is 84.3 cm³/mol. The number of ether oxygens (including phenoxy) is 1. The van der Waals surface area contributed by atoms with Gasteiger partial charge in [0.15, 0.2) is 0 Å². The van der Waals surface area contributed by atoms with Crippen LogP contribution in [-0.4, -0.2) is 49.1 Å². The Morgan fingerprint density at radius 3 is 2.86 bits per heavy atom. The molecule has 1 aliphatic rings. The summed E-state index contributed by atoms with van der Waals surface area (Å²) in [5, 5.41) is 0.643. The average molecular weight is 346 g/mol. The molecular formula is C14H20ClN3O3S. The van der Waals surface area contributed by atoms with Gasteiger partial charge in [0.25, 0.3) is 0 Å². The minimum absolute atomic E-state index is 0.107. The molecular weight excluding hydrogens is 326 g/mol. The van der Waals surface area contributed by atoms with E-state index in [0.29, 0.717) is 17.3 Å². The number of halogens is 1. The van der Waals surface area contributed by atoms with E-state index in [9.17, 15) is 9.00 Å². The SMILES string of the molecule is CC(C)(C)OC(=O)N1CCC[C@H]1C[S@@](=O)c1cc(Cl)ncn1. The van der Waals surface area contributed by atoms with Crippen molar-refractivity contribution < 1.29 is 13.7 Å². The highest BCUT2D eigenvalue weighted by Gasteiger charge is 2.33. The second-order valence-electron chi connectivity index (χ2n) is 6.16. The van der Waals surface area contributed by atoms with Gasteiger partial charge in [-0.25, -0.2) is 14.8 Å². The summed E-state index contributed by atoms with van der Waals surface area (Å²) < 4.78 is 17.8. The van der Waals surface area contributed by atoms with E-state index >= 15 is 0 Å². The molecule has 2 atom stereocenters. The summed E-state index contributed by atoms with van der Waals surface area (Å²) in [6, 6.07) is 1.38. The van der Waals surface area contributed by atoms with Crippen molar-refractivity contribution in [1.82, 2.24) is 14.9 Å². The first-order valence-corrected chi connectivity index (χ1v) is 8.81. The minimum Gasteiger partial charge on any atom is -0.444 e. The Morgan fingerprint density at radius 2 is 2.23 bits per heavy atom. The van der Waals surface area contributed by atoms with E-state index in [4.69, 9.17) is 16.3 Å². The molecule has 0 aliphatic carbocycles. The van der Waals surface area contributed by atoms with Gasteiger partial charge in [-0.3, -0.25) is 4.21 Å². The summed E-state index contributed by atoms with van der Waals surface area (Å²) in [6.07, 6.45) is 2.62. The summed E-state index contributed by atoms with van der Waals surface area (Å²) in [4.78, 5) is 21.6. The quantitative estimate of drug-likeness (QED) is 0.787. The number of nitrogens with zero attached hydrogens (tertiary/aromatic N) is 3. The Kier molecular flexibility index (Phi) is 5.39. The van der Waals surface area contributed by atoms with Gasteiger partial charge in [-0.2, -0.15) is 0 Å². The first-order chi connectivity index (χ1) is 10.3. The van der Waals surface area contributed by atoms with Crippen LogP contribution in [0.25, 0.3) is 0 Å². The third-order valence-corrected chi connectivity index (χ3v) is 4.77. The molecule has 122 valence electrons. The standard InChI is InChI=1S/C14H20ClN3O3S/c1-14(2,3)21-13(19)18-6-4-5-10(18)8-22(20)12-7-11(15)16-9-17-12/h7,9-10H,4-6,8H2,1-3H3/t10-,22+/m0/s1. The fraction of sp³-hybridized carbons (Fsp3) is 0.643. The molecule has 1 aliphatic heterocycles. The number of carbonyl (C=O) groups excluding carboxylic acids is 1. The molecule has 1 aromatic rings. The van der Waals surface area contributed by atoms with E-state index < -0.39 is 16.4 Å². The van der Waals surface area contributed by atoms with Crippen molar-refractivity contribution in [1.29, 1.82) is 0 Å². The van der Waals surface area contributed by atoms with Gasteiger partial charge in [-0.15, -0.1) is 0 Å². The molecule has 0 spiro atoms. The molecule has 0 bridgehead atoms. The van der Waals surface area contributed by atoms with Crippen molar-refractivity contribution >= 4 is 28.5 Å². The van der Waals surface area contributed by atoms with Crippen LogP contribution in [0, 0.1) is 0 Å². The molecule has 0 unspecified atom stereocenters. The molecule has 2 heterocycles. The number of hydrogen-bond acceptors (Lipinski definition) is 5. The van der Waals surface area contributed by atoms with Crippen molar-refractivity contribution in [3.05, 3.63) is 17.5 Å². The highest BCUT2D eigenvalue weighted by atomic mass is 35.5. The molecule has 0 N–H and O–H groups in total. The molecule has 8 heteroatoms. The maximum atomic E-state index is 12.4. The van der Waals surface area contributed by atoms with E-state index in [0.717, 1.165) is 12.8 Å². The smallest absolute Gasteiger partial charge is 0.410 e. The zero-order chi connectivity index (χ0) is 16.3. The Labute approximate surface area is 137 Å². The van der Waals surface area contributed by atoms with Crippen LogP contribution in [0.5, 0.6) is 0 Å². The van der Waals surface area contributed by atoms with Crippen molar-refractivity contribution in [3.8, 4) is 0 Å². The minimum atomic E-state index is -1.33. The number of amides is 1. The van der Waals surface area contributed by atoms with Crippen molar-refractivity contribution in [3.63, 3.8) is 0 Å². The van der Waals surface area contributed by atoms with Crippen LogP contribution in [0.15, 0.2) is 17.4 Å². The Bertz CT molecular complexity index is 577. The van der Waals surface area contributed by atoms with E-state index in [2.05, 4.69) is 9.97 Å². The Hall–Kier alpha value is -1.21. The van der Waals surface area contributed by atoms with Crippen LogP contribution < -0.4 is 0 Å². The second kappa shape index (κ2) is 6.91. The van der Waals surface area contributed by atoms with E-state index in [1.54, 1.807) is 4.90 Å². The zero-order valence-electron chi connectivity index (χ0n) is 12.9. The van der Waals surface area contributed by atoms with Gasteiger partial charge in [-0.1, -0.05) is 11.6 Å². The third kappa shape index (κ3) is 4.64. The fourth-order valence-electron chi connectivity index (χ4n) is 2.27. The highest BCUT2D eigenvalue weighted by molar-refractivity contribution is 7.85. The predicted octanol–water partition coefficient (Wildman–Crippen LogP) is 2.64. The summed E-state index contributed by atoms with van der Waals surface area (Å²) in [5.41, 5.74) is -0.538. The van der Waals surface area contributed by atoms with Crippen molar-refractivity contribution in [2.75, 3.05) is 12.3 Å². The highest BCUT2D eigenvalue weighted by Crippen LogP contribution is 2.22. The topological polar surface area (TPSA) is 72.4 Å². The lowest BCUT2D eigenvalue weighted by molar-refractivity contribution is 0.0241. The second-order valence-corrected chi connectivity index (χ2v) is 7.99. The van der Waals surface area contributed by atoms with E-state index in [1.165, 1.54) is 12.4 Å². The molecule has 22 heavy (non-hydrogen) atoms. The molecule has 1 fully saturated rings. The molecule has 6 nitrogen and oxygen atoms in total. The summed E-state index contributed by atoms with van der Waals surface area (Å²) in [5.74, 6) is 0.326. The normalized spacial score (nSPS) is 20.0. The van der Waals surface area contributed by atoms with Crippen LogP contribution in [0.1, 0.15) is 33.6 Å². The van der Waals surface area contributed by atoms with Gasteiger partial charge < -0.3 is 9.64 Å². The van der Waals surface area contributed by atoms with Gasteiger partial charge in [0.1, 0.15) is 22.1 Å². The maximum Gasteiger partial charge on any atom is 0.410 e. The first-order valence-electron chi connectivity index (χ1n) is 7.12. The van der Waals surface area contributed by atoms with Crippen LogP contribution in [0.2, 0.25) is 5.15 Å². The number of likely N-dealkylation sites (tertiary alicyclic amines) is 1. The van der Waals surface area contributed by atoms with E-state index in [-0.39, 0.29) is 17.3 Å². The van der Waals surface area contributed by atoms with Crippen molar-refractivity contribution in [2.24, 2.45) is 0 Å². The number of hydrogen-bond donors (Lipinski definition) is 0. The average Bonchev–Trinajstić information content (AvgIpc) is 2.85.